The van der Waals surface area contributed by atoms with E-state index in [-0.39, 0.29) is 11.2 Å². The fourth-order valence-corrected chi connectivity index (χ4v) is 1.90. The molecule has 66 valence electrons. The zero-order chi connectivity index (χ0) is 8.85. The van der Waals surface area contributed by atoms with Crippen molar-refractivity contribution in [3.05, 3.63) is 0 Å². The summed E-state index contributed by atoms with van der Waals surface area (Å²) < 4.78 is 0. The van der Waals surface area contributed by atoms with Crippen molar-refractivity contribution in [3.63, 3.8) is 0 Å². The largest absolute Gasteiger partial charge is 0.480 e. The zero-order valence-electron chi connectivity index (χ0n) is 7.33. The molecule has 0 bridgehead atoms. The first-order valence-corrected chi connectivity index (χ1v) is 5.02. The molecule has 0 aromatic rings. The van der Waals surface area contributed by atoms with E-state index < -0.39 is 5.97 Å². The summed E-state index contributed by atoms with van der Waals surface area (Å²) in [5.41, 5.74) is 0. The predicted octanol–water partition coefficient (Wildman–Crippen LogP) is 2.24. The minimum absolute atomic E-state index is 0.218. The maximum Gasteiger partial charge on any atom is 0.316 e. The van der Waals surface area contributed by atoms with Crippen molar-refractivity contribution in [2.24, 2.45) is 5.92 Å². The topological polar surface area (TPSA) is 37.3 Å². The lowest BCUT2D eigenvalue weighted by atomic mass is 10.1. The second-order valence-electron chi connectivity index (χ2n) is 2.60. The van der Waals surface area contributed by atoms with Gasteiger partial charge >= 0.3 is 5.97 Å². The normalized spacial score (nSPS) is 15.9. The number of hydrogen-bond donors (Lipinski definition) is 1. The molecular formula is C8H16O2S. The van der Waals surface area contributed by atoms with Crippen molar-refractivity contribution in [2.75, 3.05) is 5.75 Å². The van der Waals surface area contributed by atoms with E-state index in [0.717, 1.165) is 12.2 Å². The van der Waals surface area contributed by atoms with Crippen molar-refractivity contribution in [1.82, 2.24) is 0 Å². The Morgan fingerprint density at radius 3 is 2.36 bits per heavy atom. The van der Waals surface area contributed by atoms with E-state index in [9.17, 15) is 4.79 Å². The Hall–Kier alpha value is -0.180. The molecule has 0 amide bonds. The van der Waals surface area contributed by atoms with Crippen LogP contribution in [-0.2, 0) is 4.79 Å². The van der Waals surface area contributed by atoms with Crippen LogP contribution in [0.4, 0.5) is 0 Å². The van der Waals surface area contributed by atoms with E-state index in [1.807, 2.05) is 20.8 Å². The van der Waals surface area contributed by atoms with Crippen molar-refractivity contribution < 1.29 is 9.90 Å². The molecule has 0 aromatic carbocycles. The fourth-order valence-electron chi connectivity index (χ4n) is 0.873. The lowest BCUT2D eigenvalue weighted by Gasteiger charge is -2.16. The minimum Gasteiger partial charge on any atom is -0.480 e. The van der Waals surface area contributed by atoms with E-state index in [2.05, 4.69) is 0 Å². The van der Waals surface area contributed by atoms with Gasteiger partial charge in [0, 0.05) is 0 Å². The third-order valence-corrected chi connectivity index (χ3v) is 3.11. The van der Waals surface area contributed by atoms with Gasteiger partial charge in [-0.15, -0.1) is 11.8 Å². The maximum absolute atomic E-state index is 10.7. The number of carboxylic acid groups (broad SMARTS) is 1. The number of rotatable bonds is 5. The summed E-state index contributed by atoms with van der Waals surface area (Å²) in [5.74, 6) is 0.477. The van der Waals surface area contributed by atoms with Gasteiger partial charge in [-0.1, -0.05) is 27.2 Å². The van der Waals surface area contributed by atoms with Gasteiger partial charge in [0.1, 0.15) is 5.25 Å². The molecule has 11 heavy (non-hydrogen) atoms. The Bertz CT molecular complexity index is 125. The van der Waals surface area contributed by atoms with Gasteiger partial charge in [-0.3, -0.25) is 4.79 Å². The Labute approximate surface area is 72.4 Å². The van der Waals surface area contributed by atoms with Crippen LogP contribution in [0.2, 0.25) is 0 Å². The Balaban J connectivity index is 3.97. The SMILES string of the molecule is CCSC(C(=O)O)C(C)CC. The highest BCUT2D eigenvalue weighted by Crippen LogP contribution is 2.21. The molecule has 0 spiro atoms. The van der Waals surface area contributed by atoms with Crippen LogP contribution in [0.3, 0.4) is 0 Å². The first kappa shape index (κ1) is 10.8. The summed E-state index contributed by atoms with van der Waals surface area (Å²) in [7, 11) is 0. The summed E-state index contributed by atoms with van der Waals surface area (Å²) in [6.45, 7) is 6.00. The van der Waals surface area contributed by atoms with Crippen LogP contribution in [0.1, 0.15) is 27.2 Å². The standard InChI is InChI=1S/C8H16O2S/c1-4-6(3)7(8(9)10)11-5-2/h6-7H,4-5H2,1-3H3,(H,9,10). The second-order valence-corrected chi connectivity index (χ2v) is 4.02. The van der Waals surface area contributed by atoms with E-state index in [4.69, 9.17) is 5.11 Å². The number of hydrogen-bond acceptors (Lipinski definition) is 2. The number of carboxylic acids is 1. The van der Waals surface area contributed by atoms with Gasteiger partial charge < -0.3 is 5.11 Å². The molecule has 0 saturated carbocycles. The van der Waals surface area contributed by atoms with Crippen LogP contribution in [0.25, 0.3) is 0 Å². The maximum atomic E-state index is 10.7. The summed E-state index contributed by atoms with van der Waals surface area (Å²) in [5, 5.41) is 8.57. The number of carbonyl (C=O) groups is 1. The van der Waals surface area contributed by atoms with Gasteiger partial charge in [0.15, 0.2) is 0 Å². The molecule has 2 atom stereocenters. The molecule has 0 aliphatic rings. The minimum atomic E-state index is -0.675. The monoisotopic (exact) mass is 176 g/mol. The molecule has 0 fully saturated rings. The number of thioether (sulfide) groups is 1. The molecule has 2 unspecified atom stereocenters. The Morgan fingerprint density at radius 1 is 1.55 bits per heavy atom. The molecule has 1 N–H and O–H groups in total. The van der Waals surface area contributed by atoms with Crippen LogP contribution >= 0.6 is 11.8 Å². The smallest absolute Gasteiger partial charge is 0.316 e. The van der Waals surface area contributed by atoms with Crippen LogP contribution in [-0.4, -0.2) is 22.1 Å². The highest BCUT2D eigenvalue weighted by Gasteiger charge is 2.22. The predicted molar refractivity (Wildman–Crippen MR) is 49.0 cm³/mol. The van der Waals surface area contributed by atoms with Crippen LogP contribution in [0, 0.1) is 5.92 Å². The summed E-state index contributed by atoms with van der Waals surface area (Å²) >= 11 is 1.52. The first-order chi connectivity index (χ1) is 5.13. The number of aliphatic carboxylic acids is 1. The molecule has 3 heteroatoms. The van der Waals surface area contributed by atoms with E-state index in [0.29, 0.717) is 0 Å². The highest BCUT2D eigenvalue weighted by atomic mass is 32.2. The lowest BCUT2D eigenvalue weighted by molar-refractivity contribution is -0.137. The fraction of sp³-hybridized carbons (Fsp3) is 0.875. The van der Waals surface area contributed by atoms with Crippen molar-refractivity contribution in [3.8, 4) is 0 Å². The Morgan fingerprint density at radius 2 is 2.09 bits per heavy atom. The average Bonchev–Trinajstić information content (AvgIpc) is 1.98. The van der Waals surface area contributed by atoms with Gasteiger partial charge in [0.05, 0.1) is 0 Å². The first-order valence-electron chi connectivity index (χ1n) is 3.97. The molecule has 0 aromatic heterocycles. The van der Waals surface area contributed by atoms with E-state index in [1.165, 1.54) is 11.8 Å². The molecule has 0 aliphatic carbocycles. The van der Waals surface area contributed by atoms with Crippen molar-refractivity contribution >= 4 is 17.7 Å². The summed E-state index contributed by atoms with van der Waals surface area (Å²) in [4.78, 5) is 10.7. The van der Waals surface area contributed by atoms with Crippen LogP contribution in [0.5, 0.6) is 0 Å². The third kappa shape index (κ3) is 3.65. The average molecular weight is 176 g/mol. The molecule has 0 aliphatic heterocycles. The van der Waals surface area contributed by atoms with Gasteiger partial charge in [-0.25, -0.2) is 0 Å². The van der Waals surface area contributed by atoms with Gasteiger partial charge in [0.25, 0.3) is 0 Å². The molecular weight excluding hydrogens is 160 g/mol. The van der Waals surface area contributed by atoms with E-state index in [1.54, 1.807) is 0 Å². The third-order valence-electron chi connectivity index (χ3n) is 1.75. The lowest BCUT2D eigenvalue weighted by Crippen LogP contribution is -2.24. The second kappa shape index (κ2) is 5.47. The molecule has 0 rings (SSSR count). The van der Waals surface area contributed by atoms with E-state index >= 15 is 0 Å². The van der Waals surface area contributed by atoms with Gasteiger partial charge in [-0.2, -0.15) is 0 Å². The Kier molecular flexibility index (Phi) is 5.38. The summed E-state index contributed by atoms with van der Waals surface area (Å²) in [6.07, 6.45) is 0.934. The molecule has 0 heterocycles. The van der Waals surface area contributed by atoms with Gasteiger partial charge in [0.2, 0.25) is 0 Å². The zero-order valence-corrected chi connectivity index (χ0v) is 8.15. The molecule has 0 saturated heterocycles. The van der Waals surface area contributed by atoms with Crippen LogP contribution in [0.15, 0.2) is 0 Å². The molecule has 0 radical (unpaired) electrons. The summed E-state index contributed by atoms with van der Waals surface area (Å²) in [6, 6.07) is 0. The van der Waals surface area contributed by atoms with Gasteiger partial charge in [-0.05, 0) is 11.7 Å². The highest BCUT2D eigenvalue weighted by molar-refractivity contribution is 8.00. The quantitative estimate of drug-likeness (QED) is 0.698. The van der Waals surface area contributed by atoms with Crippen LogP contribution < -0.4 is 0 Å². The van der Waals surface area contributed by atoms with Crippen molar-refractivity contribution in [1.29, 1.82) is 0 Å². The van der Waals surface area contributed by atoms with Crippen molar-refractivity contribution in [2.45, 2.75) is 32.4 Å². The molecule has 2 nitrogen and oxygen atoms in total.